The van der Waals surface area contributed by atoms with Crippen LogP contribution in [0.25, 0.3) is 10.9 Å². The maximum atomic E-state index is 4.60. The van der Waals surface area contributed by atoms with Crippen LogP contribution in [0.15, 0.2) is 48.1 Å². The average Bonchev–Trinajstić information content (AvgIpc) is 3.21. The molecule has 0 bridgehead atoms. The second kappa shape index (κ2) is 8.33. The molecule has 136 valence electrons. The molecule has 0 radical (unpaired) electrons. The number of hydrogen-bond donors (Lipinski definition) is 3. The van der Waals surface area contributed by atoms with Gasteiger partial charge >= 0.3 is 0 Å². The van der Waals surface area contributed by atoms with E-state index in [1.165, 1.54) is 16.5 Å². The molecule has 0 saturated heterocycles. The van der Waals surface area contributed by atoms with Gasteiger partial charge in [-0.2, -0.15) is 0 Å². The molecule has 0 aliphatic carbocycles. The first-order chi connectivity index (χ1) is 12.7. The molecule has 3 aromatic rings. The van der Waals surface area contributed by atoms with Gasteiger partial charge in [-0.3, -0.25) is 0 Å². The van der Waals surface area contributed by atoms with Gasteiger partial charge in [0.1, 0.15) is 12.4 Å². The van der Waals surface area contributed by atoms with Crippen LogP contribution < -0.4 is 10.6 Å². The van der Waals surface area contributed by atoms with Crippen LogP contribution in [-0.4, -0.2) is 38.8 Å². The minimum Gasteiger partial charge on any atom is -0.361 e. The summed E-state index contributed by atoms with van der Waals surface area (Å²) in [6.07, 6.45) is 4.79. The Labute approximate surface area is 153 Å². The van der Waals surface area contributed by atoms with Crippen molar-refractivity contribution in [1.82, 2.24) is 30.4 Å². The quantitative estimate of drug-likeness (QED) is 0.346. The van der Waals surface area contributed by atoms with Gasteiger partial charge < -0.3 is 20.2 Å². The summed E-state index contributed by atoms with van der Waals surface area (Å²) in [6.45, 7) is 7.57. The molecule has 3 N–H and O–H groups in total. The highest BCUT2D eigenvalue weighted by molar-refractivity contribution is 5.83. The molecule has 0 spiro atoms. The van der Waals surface area contributed by atoms with Crippen LogP contribution in [0.5, 0.6) is 0 Å². The summed E-state index contributed by atoms with van der Waals surface area (Å²) in [7, 11) is 1.95. The van der Waals surface area contributed by atoms with Crippen LogP contribution in [-0.2, 0) is 20.0 Å². The summed E-state index contributed by atoms with van der Waals surface area (Å²) in [5.41, 5.74) is 2.46. The Morgan fingerprint density at radius 1 is 1.31 bits per heavy atom. The Morgan fingerprint density at radius 3 is 2.92 bits per heavy atom. The third-order valence-corrected chi connectivity index (χ3v) is 4.34. The topological polar surface area (TPSA) is 82.9 Å². The van der Waals surface area contributed by atoms with Gasteiger partial charge in [0.15, 0.2) is 11.8 Å². The Hall–Kier alpha value is -3.09. The smallest absolute Gasteiger partial charge is 0.191 e. The molecule has 0 aliphatic rings. The number of rotatable bonds is 7. The number of para-hydroxylation sites is 1. The van der Waals surface area contributed by atoms with Crippen molar-refractivity contribution in [2.75, 3.05) is 13.1 Å². The van der Waals surface area contributed by atoms with Gasteiger partial charge in [0.05, 0.1) is 0 Å². The van der Waals surface area contributed by atoms with Crippen molar-refractivity contribution in [2.24, 2.45) is 12.0 Å². The molecule has 0 saturated carbocycles. The van der Waals surface area contributed by atoms with E-state index in [1.54, 1.807) is 0 Å². The molecule has 0 fully saturated rings. The van der Waals surface area contributed by atoms with Crippen molar-refractivity contribution < 1.29 is 0 Å². The van der Waals surface area contributed by atoms with E-state index in [2.05, 4.69) is 61.8 Å². The van der Waals surface area contributed by atoms with Crippen molar-refractivity contribution in [3.63, 3.8) is 0 Å². The van der Waals surface area contributed by atoms with Crippen LogP contribution in [0.4, 0.5) is 0 Å². The highest BCUT2D eigenvalue weighted by Crippen LogP contribution is 2.17. The number of aromatic nitrogens is 4. The molecule has 2 heterocycles. The number of nitrogens with zero attached hydrogens (tertiary/aromatic N) is 4. The summed E-state index contributed by atoms with van der Waals surface area (Å²) in [5.74, 6) is 2.45. The first-order valence-electron chi connectivity index (χ1n) is 8.72. The third kappa shape index (κ3) is 4.11. The van der Waals surface area contributed by atoms with Crippen molar-refractivity contribution in [3.8, 4) is 0 Å². The molecule has 0 aliphatic heterocycles. The van der Waals surface area contributed by atoms with E-state index in [9.17, 15) is 0 Å². The Kier molecular flexibility index (Phi) is 5.68. The molecule has 0 unspecified atom stereocenters. The fourth-order valence-electron chi connectivity index (χ4n) is 2.74. The van der Waals surface area contributed by atoms with Crippen LogP contribution in [0.3, 0.4) is 0 Å². The maximum Gasteiger partial charge on any atom is 0.191 e. The number of aryl methyl sites for hydroxylation is 1. The van der Waals surface area contributed by atoms with Crippen molar-refractivity contribution in [1.29, 1.82) is 0 Å². The van der Waals surface area contributed by atoms with Gasteiger partial charge in [0.25, 0.3) is 0 Å². The minimum absolute atomic E-state index is 0.469. The van der Waals surface area contributed by atoms with Crippen LogP contribution in [0.2, 0.25) is 0 Å². The lowest BCUT2D eigenvalue weighted by Crippen LogP contribution is -2.38. The second-order valence-electron chi connectivity index (χ2n) is 6.09. The number of guanidine groups is 1. The lowest BCUT2D eigenvalue weighted by molar-refractivity contribution is 0.757. The van der Waals surface area contributed by atoms with Gasteiger partial charge in [0, 0.05) is 37.2 Å². The predicted octanol–water partition coefficient (Wildman–Crippen LogP) is 2.07. The Morgan fingerprint density at radius 2 is 2.15 bits per heavy atom. The molecule has 0 amide bonds. The van der Waals surface area contributed by atoms with Crippen LogP contribution in [0.1, 0.15) is 17.2 Å². The van der Waals surface area contributed by atoms with E-state index in [1.807, 2.05) is 30.7 Å². The van der Waals surface area contributed by atoms with Gasteiger partial charge in [-0.05, 0) is 25.0 Å². The summed E-state index contributed by atoms with van der Waals surface area (Å²) >= 11 is 0. The van der Waals surface area contributed by atoms with E-state index in [0.717, 1.165) is 30.6 Å². The molecule has 3 rings (SSSR count). The zero-order chi connectivity index (χ0) is 18.4. The summed E-state index contributed by atoms with van der Waals surface area (Å²) < 4.78 is 1.95. The standard InChI is InChI=1S/C19H25N7/c1-4-10-20-19(23-13-18-25-24-14(2)26(18)3)21-11-9-15-12-22-17-8-6-5-7-16(15)17/h4-8,12,22H,1,9-11,13H2,2-3H3,(H2,20,21,23). The van der Waals surface area contributed by atoms with Crippen LogP contribution >= 0.6 is 0 Å². The summed E-state index contributed by atoms with van der Waals surface area (Å²) in [4.78, 5) is 7.91. The summed E-state index contributed by atoms with van der Waals surface area (Å²) in [5, 5.41) is 16.1. The molecule has 26 heavy (non-hydrogen) atoms. The van der Waals surface area contributed by atoms with Crippen molar-refractivity contribution >= 4 is 16.9 Å². The molecular weight excluding hydrogens is 326 g/mol. The molecule has 7 nitrogen and oxygen atoms in total. The SMILES string of the molecule is C=CCNC(=NCc1nnc(C)n1C)NCCc1c[nH]c2ccccc12. The second-order valence-corrected chi connectivity index (χ2v) is 6.09. The zero-order valence-corrected chi connectivity index (χ0v) is 15.3. The number of aliphatic imine (C=N–C) groups is 1. The zero-order valence-electron chi connectivity index (χ0n) is 15.3. The van der Waals surface area contributed by atoms with E-state index in [-0.39, 0.29) is 0 Å². The first kappa shape index (κ1) is 17.7. The maximum absolute atomic E-state index is 4.60. The largest absolute Gasteiger partial charge is 0.361 e. The number of benzene rings is 1. The Bertz CT molecular complexity index is 904. The Balaban J connectivity index is 1.61. The molecule has 2 aromatic heterocycles. The number of H-pyrrole nitrogens is 1. The average molecular weight is 351 g/mol. The fraction of sp³-hybridized carbons (Fsp3) is 0.316. The van der Waals surface area contributed by atoms with E-state index in [0.29, 0.717) is 13.1 Å². The van der Waals surface area contributed by atoms with Crippen molar-refractivity contribution in [2.45, 2.75) is 19.9 Å². The van der Waals surface area contributed by atoms with Gasteiger partial charge in [-0.15, -0.1) is 16.8 Å². The van der Waals surface area contributed by atoms with Gasteiger partial charge in [-0.1, -0.05) is 24.3 Å². The molecule has 1 aromatic carbocycles. The molecular formula is C19H25N7. The van der Waals surface area contributed by atoms with E-state index >= 15 is 0 Å². The highest BCUT2D eigenvalue weighted by Gasteiger charge is 2.06. The van der Waals surface area contributed by atoms with Gasteiger partial charge in [-0.25, -0.2) is 4.99 Å². The predicted molar refractivity (Wildman–Crippen MR) is 105 cm³/mol. The van der Waals surface area contributed by atoms with E-state index < -0.39 is 0 Å². The minimum atomic E-state index is 0.469. The lowest BCUT2D eigenvalue weighted by Gasteiger charge is -2.11. The number of nitrogens with one attached hydrogen (secondary N) is 3. The number of aromatic amines is 1. The lowest BCUT2D eigenvalue weighted by atomic mass is 10.1. The number of hydrogen-bond acceptors (Lipinski definition) is 3. The monoisotopic (exact) mass is 351 g/mol. The number of fused-ring (bicyclic) bond motifs is 1. The van der Waals surface area contributed by atoms with Gasteiger partial charge in [0.2, 0.25) is 0 Å². The highest BCUT2D eigenvalue weighted by atomic mass is 15.3. The molecule has 7 heteroatoms. The van der Waals surface area contributed by atoms with Crippen molar-refractivity contribution in [3.05, 3.63) is 60.3 Å². The normalized spacial score (nSPS) is 11.7. The van der Waals surface area contributed by atoms with Crippen LogP contribution in [0, 0.1) is 6.92 Å². The van der Waals surface area contributed by atoms with E-state index in [4.69, 9.17) is 0 Å². The molecule has 0 atom stereocenters. The third-order valence-electron chi connectivity index (χ3n) is 4.34. The summed E-state index contributed by atoms with van der Waals surface area (Å²) in [6, 6.07) is 8.34. The first-order valence-corrected chi connectivity index (χ1v) is 8.72. The fourth-order valence-corrected chi connectivity index (χ4v) is 2.74.